The van der Waals surface area contributed by atoms with Gasteiger partial charge in [0.25, 0.3) is 0 Å². The first-order valence-electron chi connectivity index (χ1n) is 8.17. The summed E-state index contributed by atoms with van der Waals surface area (Å²) >= 11 is 5.00. The van der Waals surface area contributed by atoms with Crippen molar-refractivity contribution < 1.29 is 19.1 Å². The lowest BCUT2D eigenvalue weighted by Crippen LogP contribution is -2.27. The number of carbonyl (C=O) groups excluding carboxylic acids is 2. The molecule has 0 atom stereocenters. The molecular formula is C19H19BrN2O4S. The summed E-state index contributed by atoms with van der Waals surface area (Å²) < 4.78 is 12.0. The predicted octanol–water partition coefficient (Wildman–Crippen LogP) is 5.79. The predicted molar refractivity (Wildman–Crippen MR) is 111 cm³/mol. The van der Waals surface area contributed by atoms with E-state index in [-0.39, 0.29) is 0 Å². The van der Waals surface area contributed by atoms with E-state index in [9.17, 15) is 9.59 Å². The molecule has 0 bridgehead atoms. The summed E-state index contributed by atoms with van der Waals surface area (Å²) in [6, 6.07) is 7.25. The van der Waals surface area contributed by atoms with Gasteiger partial charge in [0.15, 0.2) is 0 Å². The largest absolute Gasteiger partial charge is 0.464 e. The third-order valence-electron chi connectivity index (χ3n) is 3.66. The molecule has 0 aliphatic carbocycles. The number of aromatic nitrogens is 1. The van der Waals surface area contributed by atoms with Gasteiger partial charge >= 0.3 is 12.1 Å². The highest BCUT2D eigenvalue weighted by molar-refractivity contribution is 9.10. The number of methoxy groups -OCH3 is 1. The Labute approximate surface area is 169 Å². The van der Waals surface area contributed by atoms with E-state index >= 15 is 0 Å². The summed E-state index contributed by atoms with van der Waals surface area (Å²) in [6.45, 7) is 5.41. The van der Waals surface area contributed by atoms with Crippen LogP contribution in [0.1, 0.15) is 31.3 Å². The van der Waals surface area contributed by atoms with Gasteiger partial charge in [-0.25, -0.2) is 9.59 Å². The fraction of sp³-hybridized carbons (Fsp3) is 0.263. The smallest absolute Gasteiger partial charge is 0.412 e. The number of carbonyl (C=O) groups is 2. The highest BCUT2D eigenvalue weighted by atomic mass is 79.9. The number of nitrogens with one attached hydrogen (secondary N) is 2. The second-order valence-electron chi connectivity index (χ2n) is 6.86. The maximum absolute atomic E-state index is 12.3. The summed E-state index contributed by atoms with van der Waals surface area (Å²) in [5, 5.41) is 4.68. The molecule has 0 aliphatic heterocycles. The second kappa shape index (κ2) is 7.36. The van der Waals surface area contributed by atoms with E-state index in [2.05, 4.69) is 26.2 Å². The molecule has 0 aliphatic rings. The molecule has 2 heterocycles. The number of fused-ring (bicyclic) bond motifs is 1. The third kappa shape index (κ3) is 4.17. The standard InChI is InChI=1S/C19H19BrN2O4S/c1-19(2,3)26-18(24)21-11-7-5-6-10(8-11)13-15(17(23)25-4)22-14-12(20)9-27-16(13)14/h5-9,22H,1-4H3,(H,21,24). The fourth-order valence-corrected chi connectivity index (χ4v) is 4.31. The molecule has 2 N–H and O–H groups in total. The van der Waals surface area contributed by atoms with Crippen molar-refractivity contribution in [3.05, 3.63) is 39.8 Å². The van der Waals surface area contributed by atoms with E-state index in [4.69, 9.17) is 9.47 Å². The van der Waals surface area contributed by atoms with Crippen LogP contribution in [0.3, 0.4) is 0 Å². The summed E-state index contributed by atoms with van der Waals surface area (Å²) in [6.07, 6.45) is -0.536. The molecule has 0 fully saturated rings. The average molecular weight is 451 g/mol. The van der Waals surface area contributed by atoms with Crippen molar-refractivity contribution in [2.75, 3.05) is 12.4 Å². The summed E-state index contributed by atoms with van der Waals surface area (Å²) in [7, 11) is 1.34. The molecule has 142 valence electrons. The molecule has 0 saturated carbocycles. The van der Waals surface area contributed by atoms with E-state index in [1.54, 1.807) is 32.9 Å². The lowest BCUT2D eigenvalue weighted by atomic mass is 10.0. The Bertz CT molecular complexity index is 1020. The van der Waals surface area contributed by atoms with Gasteiger partial charge in [0, 0.05) is 16.6 Å². The van der Waals surface area contributed by atoms with Crippen molar-refractivity contribution in [1.82, 2.24) is 4.98 Å². The van der Waals surface area contributed by atoms with Crippen LogP contribution in [0.2, 0.25) is 0 Å². The van der Waals surface area contributed by atoms with Crippen LogP contribution in [0.15, 0.2) is 34.1 Å². The van der Waals surface area contributed by atoms with Gasteiger partial charge in [-0.05, 0) is 54.4 Å². The zero-order valence-electron chi connectivity index (χ0n) is 15.3. The molecule has 8 heteroatoms. The Morgan fingerprint density at radius 3 is 2.67 bits per heavy atom. The molecular weight excluding hydrogens is 432 g/mol. The average Bonchev–Trinajstić information content (AvgIpc) is 3.12. The molecule has 2 aromatic heterocycles. The van der Waals surface area contributed by atoms with Crippen molar-refractivity contribution in [2.24, 2.45) is 0 Å². The first-order chi connectivity index (χ1) is 12.7. The number of aromatic amines is 1. The third-order valence-corrected chi connectivity index (χ3v) is 5.59. The normalized spacial score (nSPS) is 11.4. The van der Waals surface area contributed by atoms with E-state index in [1.165, 1.54) is 18.4 Å². The van der Waals surface area contributed by atoms with Crippen LogP contribution >= 0.6 is 27.3 Å². The molecule has 27 heavy (non-hydrogen) atoms. The highest BCUT2D eigenvalue weighted by Crippen LogP contribution is 2.40. The summed E-state index contributed by atoms with van der Waals surface area (Å²) in [5.74, 6) is -0.453. The molecule has 0 radical (unpaired) electrons. The Balaban J connectivity index is 2.02. The van der Waals surface area contributed by atoms with Crippen LogP contribution in [-0.4, -0.2) is 29.8 Å². The lowest BCUT2D eigenvalue weighted by Gasteiger charge is -2.19. The minimum absolute atomic E-state index is 0.370. The number of halogens is 1. The molecule has 1 amide bonds. The van der Waals surface area contributed by atoms with Gasteiger partial charge < -0.3 is 14.5 Å². The first kappa shape index (κ1) is 19.4. The number of ether oxygens (including phenoxy) is 2. The van der Waals surface area contributed by atoms with Gasteiger partial charge in [-0.3, -0.25) is 5.32 Å². The van der Waals surface area contributed by atoms with Crippen LogP contribution in [0.25, 0.3) is 21.3 Å². The zero-order chi connectivity index (χ0) is 19.8. The molecule has 6 nitrogen and oxygen atoms in total. The summed E-state index contributed by atoms with van der Waals surface area (Å²) in [5.41, 5.74) is 2.71. The molecule has 0 spiro atoms. The Hall–Kier alpha value is -2.32. The molecule has 1 aromatic carbocycles. The number of rotatable bonds is 3. The fourth-order valence-electron chi connectivity index (χ4n) is 2.64. The van der Waals surface area contributed by atoms with Gasteiger partial charge in [0.05, 0.1) is 21.8 Å². The number of anilines is 1. The Kier molecular flexibility index (Phi) is 5.30. The highest BCUT2D eigenvalue weighted by Gasteiger charge is 2.23. The molecule has 0 saturated heterocycles. The Morgan fingerprint density at radius 2 is 2.00 bits per heavy atom. The van der Waals surface area contributed by atoms with E-state index in [1.807, 2.05) is 17.5 Å². The number of H-pyrrole nitrogens is 1. The van der Waals surface area contributed by atoms with Crippen molar-refractivity contribution in [3.63, 3.8) is 0 Å². The summed E-state index contributed by atoms with van der Waals surface area (Å²) in [4.78, 5) is 27.4. The topological polar surface area (TPSA) is 80.4 Å². The maximum Gasteiger partial charge on any atom is 0.412 e. The van der Waals surface area contributed by atoms with Crippen molar-refractivity contribution >= 4 is 55.2 Å². The number of hydrogen-bond acceptors (Lipinski definition) is 5. The van der Waals surface area contributed by atoms with Gasteiger partial charge in [0.2, 0.25) is 0 Å². The molecule has 3 rings (SSSR count). The SMILES string of the molecule is COC(=O)c1[nH]c2c(Br)csc2c1-c1cccc(NC(=O)OC(C)(C)C)c1. The number of esters is 1. The van der Waals surface area contributed by atoms with Gasteiger partial charge in [-0.2, -0.15) is 0 Å². The van der Waals surface area contributed by atoms with E-state index in [0.717, 1.165) is 25.8 Å². The number of hydrogen-bond donors (Lipinski definition) is 2. The molecule has 0 unspecified atom stereocenters. The van der Waals surface area contributed by atoms with Crippen molar-refractivity contribution in [1.29, 1.82) is 0 Å². The van der Waals surface area contributed by atoms with Crippen LogP contribution in [0, 0.1) is 0 Å². The number of benzene rings is 1. The van der Waals surface area contributed by atoms with E-state index in [0.29, 0.717) is 11.4 Å². The molecule has 3 aromatic rings. The van der Waals surface area contributed by atoms with Crippen LogP contribution in [0.4, 0.5) is 10.5 Å². The number of thiophene rings is 1. The van der Waals surface area contributed by atoms with Gasteiger partial charge in [-0.15, -0.1) is 11.3 Å². The van der Waals surface area contributed by atoms with Crippen molar-refractivity contribution in [2.45, 2.75) is 26.4 Å². The van der Waals surface area contributed by atoms with Gasteiger partial charge in [0.1, 0.15) is 11.3 Å². The monoisotopic (exact) mass is 450 g/mol. The quantitative estimate of drug-likeness (QED) is 0.494. The zero-order valence-corrected chi connectivity index (χ0v) is 17.7. The van der Waals surface area contributed by atoms with Crippen LogP contribution in [-0.2, 0) is 9.47 Å². The lowest BCUT2D eigenvalue weighted by molar-refractivity contribution is 0.0593. The number of amides is 1. The minimum Gasteiger partial charge on any atom is -0.464 e. The van der Waals surface area contributed by atoms with Crippen LogP contribution in [0.5, 0.6) is 0 Å². The second-order valence-corrected chi connectivity index (χ2v) is 8.60. The Morgan fingerprint density at radius 1 is 1.26 bits per heavy atom. The maximum atomic E-state index is 12.3. The minimum atomic E-state index is -0.588. The van der Waals surface area contributed by atoms with Crippen LogP contribution < -0.4 is 5.32 Å². The van der Waals surface area contributed by atoms with Crippen molar-refractivity contribution in [3.8, 4) is 11.1 Å². The first-order valence-corrected chi connectivity index (χ1v) is 9.84. The van der Waals surface area contributed by atoms with E-state index < -0.39 is 17.7 Å². The van der Waals surface area contributed by atoms with Gasteiger partial charge in [-0.1, -0.05) is 12.1 Å².